The molecule has 4 nitrogen and oxygen atoms in total. The standard InChI is InChI=1S/C12H15N3OS/c1-12(2,3)17(16)15-7-9-5-4-6-10-11(9)14-8-13-10/h4-8H,1-3H3,(H,13,14)/b15-7-. The van der Waals surface area contributed by atoms with E-state index in [2.05, 4.69) is 14.4 Å². The van der Waals surface area contributed by atoms with Gasteiger partial charge in [0.25, 0.3) is 0 Å². The first-order valence-corrected chi connectivity index (χ1v) is 6.47. The van der Waals surface area contributed by atoms with Gasteiger partial charge in [0.2, 0.25) is 0 Å². The summed E-state index contributed by atoms with van der Waals surface area (Å²) in [6.45, 7) is 5.70. The SMILES string of the molecule is CC(C)(C)[S+]([O-])/N=C\c1cccc2nc[nH]c12. The van der Waals surface area contributed by atoms with Crippen molar-refractivity contribution in [2.45, 2.75) is 25.5 Å². The van der Waals surface area contributed by atoms with E-state index in [1.807, 2.05) is 39.0 Å². The van der Waals surface area contributed by atoms with Crippen LogP contribution in [0.25, 0.3) is 11.0 Å². The van der Waals surface area contributed by atoms with E-state index in [-0.39, 0.29) is 4.75 Å². The molecule has 0 amide bonds. The highest BCUT2D eigenvalue weighted by Gasteiger charge is 2.25. The first kappa shape index (κ1) is 12.1. The van der Waals surface area contributed by atoms with Crippen LogP contribution in [0.3, 0.4) is 0 Å². The van der Waals surface area contributed by atoms with Gasteiger partial charge in [0.05, 0.1) is 23.6 Å². The number of rotatable bonds is 2. The highest BCUT2D eigenvalue weighted by atomic mass is 32.2. The van der Waals surface area contributed by atoms with Crippen molar-refractivity contribution in [3.63, 3.8) is 0 Å². The predicted octanol–water partition coefficient (Wildman–Crippen LogP) is 2.44. The van der Waals surface area contributed by atoms with Gasteiger partial charge in [-0.05, 0) is 26.8 Å². The molecule has 17 heavy (non-hydrogen) atoms. The molecule has 0 saturated heterocycles. The van der Waals surface area contributed by atoms with Crippen molar-refractivity contribution in [2.24, 2.45) is 4.40 Å². The van der Waals surface area contributed by atoms with E-state index < -0.39 is 11.4 Å². The van der Waals surface area contributed by atoms with Gasteiger partial charge in [0.15, 0.2) is 0 Å². The van der Waals surface area contributed by atoms with E-state index in [1.54, 1.807) is 12.5 Å². The van der Waals surface area contributed by atoms with Gasteiger partial charge in [-0.2, -0.15) is 0 Å². The Hall–Kier alpha value is -1.33. The van der Waals surface area contributed by atoms with Crippen LogP contribution in [0.4, 0.5) is 0 Å². The molecule has 0 radical (unpaired) electrons. The summed E-state index contributed by atoms with van der Waals surface area (Å²) in [4.78, 5) is 7.21. The lowest BCUT2D eigenvalue weighted by molar-refractivity contribution is 0.562. The van der Waals surface area contributed by atoms with E-state index in [1.165, 1.54) is 0 Å². The zero-order chi connectivity index (χ0) is 12.5. The second-order valence-electron chi connectivity index (χ2n) is 4.74. The molecule has 1 atom stereocenters. The molecule has 0 spiro atoms. The van der Waals surface area contributed by atoms with E-state index in [0.717, 1.165) is 16.6 Å². The first-order chi connectivity index (χ1) is 7.98. The van der Waals surface area contributed by atoms with Gasteiger partial charge in [0.1, 0.15) is 16.1 Å². The van der Waals surface area contributed by atoms with E-state index in [9.17, 15) is 4.55 Å². The molecule has 2 rings (SSSR count). The minimum atomic E-state index is -1.23. The smallest absolute Gasteiger partial charge is 0.144 e. The van der Waals surface area contributed by atoms with Crippen molar-refractivity contribution in [3.05, 3.63) is 30.1 Å². The Morgan fingerprint density at radius 3 is 2.88 bits per heavy atom. The summed E-state index contributed by atoms with van der Waals surface area (Å²) in [6.07, 6.45) is 3.28. The van der Waals surface area contributed by atoms with Crippen LogP contribution in [-0.2, 0) is 11.4 Å². The molecule has 1 N–H and O–H groups in total. The highest BCUT2D eigenvalue weighted by Crippen LogP contribution is 2.18. The largest absolute Gasteiger partial charge is 0.591 e. The molecular formula is C12H15N3OS. The number of aromatic amines is 1. The molecule has 1 heterocycles. The topological polar surface area (TPSA) is 64.1 Å². The predicted molar refractivity (Wildman–Crippen MR) is 71.6 cm³/mol. The van der Waals surface area contributed by atoms with Crippen LogP contribution in [0.15, 0.2) is 28.9 Å². The third-order valence-corrected chi connectivity index (χ3v) is 3.64. The van der Waals surface area contributed by atoms with Crippen molar-refractivity contribution in [3.8, 4) is 0 Å². The fourth-order valence-electron chi connectivity index (χ4n) is 1.36. The minimum absolute atomic E-state index is 0.335. The molecule has 1 unspecified atom stereocenters. The summed E-state index contributed by atoms with van der Waals surface area (Å²) in [5.41, 5.74) is 2.70. The van der Waals surface area contributed by atoms with E-state index in [0.29, 0.717) is 0 Å². The van der Waals surface area contributed by atoms with Crippen LogP contribution >= 0.6 is 0 Å². The van der Waals surface area contributed by atoms with E-state index >= 15 is 0 Å². The number of hydrogen-bond donors (Lipinski definition) is 1. The maximum atomic E-state index is 11.8. The summed E-state index contributed by atoms with van der Waals surface area (Å²) in [5, 5.41) is 0. The summed E-state index contributed by atoms with van der Waals surface area (Å²) in [7, 11) is 0. The van der Waals surface area contributed by atoms with Crippen LogP contribution in [0.5, 0.6) is 0 Å². The lowest BCUT2D eigenvalue weighted by atomic mass is 10.2. The monoisotopic (exact) mass is 249 g/mol. The zero-order valence-electron chi connectivity index (χ0n) is 10.1. The van der Waals surface area contributed by atoms with Crippen molar-refractivity contribution < 1.29 is 4.55 Å². The number of H-pyrrole nitrogens is 1. The highest BCUT2D eigenvalue weighted by molar-refractivity contribution is 7.91. The molecule has 1 aromatic heterocycles. The van der Waals surface area contributed by atoms with Crippen LogP contribution in [0.2, 0.25) is 0 Å². The number of imidazole rings is 1. The number of nitrogens with one attached hydrogen (secondary N) is 1. The normalized spacial score (nSPS) is 14.6. The molecule has 5 heteroatoms. The van der Waals surface area contributed by atoms with Crippen molar-refractivity contribution >= 4 is 28.6 Å². The third kappa shape index (κ3) is 2.68. The molecular weight excluding hydrogens is 234 g/mol. The Balaban J connectivity index is 2.30. The van der Waals surface area contributed by atoms with E-state index in [4.69, 9.17) is 0 Å². The Morgan fingerprint density at radius 1 is 1.41 bits per heavy atom. The number of fused-ring (bicyclic) bond motifs is 1. The number of hydrogen-bond acceptors (Lipinski definition) is 3. The lowest BCUT2D eigenvalue weighted by Gasteiger charge is -2.17. The first-order valence-electron chi connectivity index (χ1n) is 5.36. The fourth-order valence-corrected chi connectivity index (χ4v) is 1.88. The van der Waals surface area contributed by atoms with Gasteiger partial charge in [-0.15, -0.1) is 0 Å². The third-order valence-electron chi connectivity index (χ3n) is 2.30. The molecule has 0 saturated carbocycles. The number of para-hydroxylation sites is 1. The van der Waals surface area contributed by atoms with Crippen molar-refractivity contribution in [1.82, 2.24) is 9.97 Å². The second kappa shape index (κ2) is 4.50. The summed E-state index contributed by atoms with van der Waals surface area (Å²) in [6, 6.07) is 5.75. The maximum Gasteiger partial charge on any atom is 0.144 e. The van der Waals surface area contributed by atoms with Crippen LogP contribution in [0.1, 0.15) is 26.3 Å². The average molecular weight is 249 g/mol. The molecule has 0 aliphatic heterocycles. The van der Waals surface area contributed by atoms with Gasteiger partial charge in [0, 0.05) is 5.56 Å². The van der Waals surface area contributed by atoms with Crippen molar-refractivity contribution in [1.29, 1.82) is 0 Å². The zero-order valence-corrected chi connectivity index (χ0v) is 10.9. The molecule has 1 aromatic carbocycles. The van der Waals surface area contributed by atoms with Crippen LogP contribution < -0.4 is 0 Å². The average Bonchev–Trinajstić information content (AvgIpc) is 2.72. The Labute approximate surface area is 103 Å². The molecule has 0 aliphatic rings. The minimum Gasteiger partial charge on any atom is -0.591 e. The quantitative estimate of drug-likeness (QED) is 0.656. The summed E-state index contributed by atoms with van der Waals surface area (Å²) in [5.74, 6) is 0. The van der Waals surface area contributed by atoms with Gasteiger partial charge in [-0.1, -0.05) is 16.5 Å². The Bertz CT molecular complexity index is 542. The van der Waals surface area contributed by atoms with Gasteiger partial charge < -0.3 is 9.54 Å². The maximum absolute atomic E-state index is 11.8. The van der Waals surface area contributed by atoms with Crippen LogP contribution in [-0.4, -0.2) is 25.5 Å². The van der Waals surface area contributed by atoms with Gasteiger partial charge in [-0.3, -0.25) is 0 Å². The summed E-state index contributed by atoms with van der Waals surface area (Å²) >= 11 is -1.23. The molecule has 0 bridgehead atoms. The number of nitrogens with zero attached hydrogens (tertiary/aromatic N) is 2. The lowest BCUT2D eigenvalue weighted by Crippen LogP contribution is -2.25. The second-order valence-corrected chi connectivity index (χ2v) is 6.67. The molecule has 2 aromatic rings. The number of benzene rings is 1. The molecule has 0 fully saturated rings. The summed E-state index contributed by atoms with van der Waals surface area (Å²) < 4.78 is 15.6. The Morgan fingerprint density at radius 2 is 2.18 bits per heavy atom. The van der Waals surface area contributed by atoms with Crippen LogP contribution in [0, 0.1) is 0 Å². The Kier molecular flexibility index (Phi) is 3.22. The molecule has 0 aliphatic carbocycles. The van der Waals surface area contributed by atoms with Crippen molar-refractivity contribution in [2.75, 3.05) is 0 Å². The van der Waals surface area contributed by atoms with Gasteiger partial charge >= 0.3 is 0 Å². The number of aromatic nitrogens is 2. The fraction of sp³-hybridized carbons (Fsp3) is 0.333. The molecule has 90 valence electrons. The van der Waals surface area contributed by atoms with Gasteiger partial charge in [-0.25, -0.2) is 4.98 Å².